The predicted octanol–water partition coefficient (Wildman–Crippen LogP) is 3.33. The van der Waals surface area contributed by atoms with Crippen molar-refractivity contribution in [3.63, 3.8) is 0 Å². The van der Waals surface area contributed by atoms with Crippen LogP contribution in [0, 0.1) is 0 Å². The van der Waals surface area contributed by atoms with Crippen LogP contribution in [-0.2, 0) is 14.9 Å². The maximum atomic E-state index is 13.1. The molecular formula is C20H19N3O2. The van der Waals surface area contributed by atoms with Gasteiger partial charge in [-0.2, -0.15) is 5.10 Å². The monoisotopic (exact) mass is 333 g/mol. The molecule has 1 aromatic heterocycles. The predicted molar refractivity (Wildman–Crippen MR) is 94.7 cm³/mol. The first-order valence-electron chi connectivity index (χ1n) is 8.49. The SMILES string of the molecule is CCOC(=O)C1(c2ncn[nH]2)C=CC2=C(CCC=C2)c2ccccc21. The van der Waals surface area contributed by atoms with E-state index in [1.807, 2.05) is 37.3 Å². The van der Waals surface area contributed by atoms with Gasteiger partial charge in [-0.3, -0.25) is 9.89 Å². The van der Waals surface area contributed by atoms with E-state index < -0.39 is 5.41 Å². The van der Waals surface area contributed by atoms with Gasteiger partial charge in [0.05, 0.1) is 6.61 Å². The Hall–Kier alpha value is -2.95. The van der Waals surface area contributed by atoms with Crippen LogP contribution in [0.1, 0.15) is 36.7 Å². The molecule has 0 saturated heterocycles. The van der Waals surface area contributed by atoms with Crippen molar-refractivity contribution >= 4 is 11.5 Å². The molecule has 0 bridgehead atoms. The Morgan fingerprint density at radius 3 is 3.00 bits per heavy atom. The summed E-state index contributed by atoms with van der Waals surface area (Å²) < 4.78 is 5.46. The Kier molecular flexibility index (Phi) is 3.84. The lowest BCUT2D eigenvalue weighted by Crippen LogP contribution is -2.38. The molecule has 1 atom stereocenters. The number of esters is 1. The van der Waals surface area contributed by atoms with Crippen molar-refractivity contribution in [2.45, 2.75) is 25.2 Å². The number of H-pyrrole nitrogens is 1. The van der Waals surface area contributed by atoms with Crippen molar-refractivity contribution in [1.82, 2.24) is 15.2 Å². The fourth-order valence-corrected chi connectivity index (χ4v) is 3.65. The zero-order valence-corrected chi connectivity index (χ0v) is 14.0. The summed E-state index contributed by atoms with van der Waals surface area (Å²) in [6, 6.07) is 8.00. The standard InChI is InChI=1S/C20H19N3O2/c1-2-25-19(24)20(18-21-13-22-23-18)12-11-14-7-3-4-8-15(14)16-9-5-6-10-17(16)20/h3,5-7,9-13H,2,4,8H2,1H3,(H,21,22,23). The number of nitrogens with zero attached hydrogens (tertiary/aromatic N) is 2. The first kappa shape index (κ1) is 15.6. The fourth-order valence-electron chi connectivity index (χ4n) is 3.65. The van der Waals surface area contributed by atoms with E-state index in [0.29, 0.717) is 12.4 Å². The zero-order chi connectivity index (χ0) is 17.3. The number of carbonyl (C=O) groups is 1. The highest BCUT2D eigenvalue weighted by atomic mass is 16.5. The molecule has 1 unspecified atom stereocenters. The minimum Gasteiger partial charge on any atom is -0.465 e. The third-order valence-corrected chi connectivity index (χ3v) is 4.78. The largest absolute Gasteiger partial charge is 0.465 e. The van der Waals surface area contributed by atoms with Crippen LogP contribution in [0.15, 0.2) is 60.5 Å². The van der Waals surface area contributed by atoms with Crippen molar-refractivity contribution in [2.24, 2.45) is 0 Å². The first-order valence-corrected chi connectivity index (χ1v) is 8.49. The van der Waals surface area contributed by atoms with E-state index >= 15 is 0 Å². The number of fused-ring (bicyclic) bond motifs is 2. The lowest BCUT2D eigenvalue weighted by Gasteiger charge is -2.28. The molecule has 5 heteroatoms. The van der Waals surface area contributed by atoms with Crippen LogP contribution in [0.5, 0.6) is 0 Å². The van der Waals surface area contributed by atoms with Gasteiger partial charge in [0.25, 0.3) is 0 Å². The fraction of sp³-hybridized carbons (Fsp3) is 0.250. The first-order chi connectivity index (χ1) is 12.3. The number of benzene rings is 1. The molecule has 2 aromatic rings. The molecule has 5 nitrogen and oxygen atoms in total. The van der Waals surface area contributed by atoms with Crippen LogP contribution >= 0.6 is 0 Å². The average Bonchev–Trinajstić information content (AvgIpc) is 3.14. The van der Waals surface area contributed by atoms with Gasteiger partial charge in [0.1, 0.15) is 12.2 Å². The molecule has 0 radical (unpaired) electrons. The number of aromatic nitrogens is 3. The minimum absolute atomic E-state index is 0.303. The van der Waals surface area contributed by atoms with Gasteiger partial charge < -0.3 is 4.74 Å². The Balaban J connectivity index is 2.03. The number of hydrogen-bond donors (Lipinski definition) is 1. The normalized spacial score (nSPS) is 21.5. The summed E-state index contributed by atoms with van der Waals surface area (Å²) in [6.45, 7) is 2.11. The number of ether oxygens (including phenoxy) is 1. The lowest BCUT2D eigenvalue weighted by molar-refractivity contribution is -0.146. The van der Waals surface area contributed by atoms with Crippen LogP contribution in [0.2, 0.25) is 0 Å². The lowest BCUT2D eigenvalue weighted by atomic mass is 9.76. The quantitative estimate of drug-likeness (QED) is 0.875. The van der Waals surface area contributed by atoms with Crippen LogP contribution in [-0.4, -0.2) is 27.8 Å². The Morgan fingerprint density at radius 1 is 1.32 bits per heavy atom. The molecule has 0 aliphatic heterocycles. The molecule has 25 heavy (non-hydrogen) atoms. The van der Waals surface area contributed by atoms with E-state index in [1.54, 1.807) is 0 Å². The molecular weight excluding hydrogens is 314 g/mol. The number of hydrogen-bond acceptors (Lipinski definition) is 4. The van der Waals surface area contributed by atoms with Gasteiger partial charge >= 0.3 is 5.97 Å². The molecule has 1 N–H and O–H groups in total. The summed E-state index contributed by atoms with van der Waals surface area (Å²) in [7, 11) is 0. The van der Waals surface area contributed by atoms with E-state index in [2.05, 4.69) is 33.4 Å². The van der Waals surface area contributed by atoms with E-state index in [1.165, 1.54) is 11.9 Å². The van der Waals surface area contributed by atoms with E-state index in [4.69, 9.17) is 4.74 Å². The van der Waals surface area contributed by atoms with Gasteiger partial charge in [-0.15, -0.1) is 0 Å². The van der Waals surface area contributed by atoms with Crippen molar-refractivity contribution in [3.8, 4) is 0 Å². The molecule has 2 aliphatic rings. The van der Waals surface area contributed by atoms with Gasteiger partial charge in [0.15, 0.2) is 5.41 Å². The van der Waals surface area contributed by atoms with Crippen LogP contribution in [0.25, 0.3) is 5.57 Å². The van der Waals surface area contributed by atoms with Crippen molar-refractivity contribution in [1.29, 1.82) is 0 Å². The van der Waals surface area contributed by atoms with Crippen molar-refractivity contribution < 1.29 is 9.53 Å². The second-order valence-corrected chi connectivity index (χ2v) is 6.12. The molecule has 0 fully saturated rings. The van der Waals surface area contributed by atoms with Crippen LogP contribution in [0.4, 0.5) is 0 Å². The Bertz CT molecular complexity index is 893. The smallest absolute Gasteiger partial charge is 0.328 e. The summed E-state index contributed by atoms with van der Waals surface area (Å²) >= 11 is 0. The molecule has 2 aliphatic carbocycles. The molecule has 0 amide bonds. The van der Waals surface area contributed by atoms with E-state index in [0.717, 1.165) is 29.5 Å². The van der Waals surface area contributed by atoms with Gasteiger partial charge in [-0.05, 0) is 42.0 Å². The van der Waals surface area contributed by atoms with E-state index in [-0.39, 0.29) is 5.97 Å². The molecule has 1 aromatic carbocycles. The topological polar surface area (TPSA) is 67.9 Å². The number of carbonyl (C=O) groups excluding carboxylic acids is 1. The van der Waals surface area contributed by atoms with Crippen LogP contribution < -0.4 is 0 Å². The summed E-state index contributed by atoms with van der Waals surface area (Å²) in [6.07, 6.45) is 11.5. The van der Waals surface area contributed by atoms with Crippen molar-refractivity contribution in [3.05, 3.63) is 77.4 Å². The van der Waals surface area contributed by atoms with Gasteiger partial charge in [-0.25, -0.2) is 4.98 Å². The minimum atomic E-state index is -1.13. The van der Waals surface area contributed by atoms with Gasteiger partial charge in [0.2, 0.25) is 0 Å². The van der Waals surface area contributed by atoms with Crippen molar-refractivity contribution in [2.75, 3.05) is 6.61 Å². The average molecular weight is 333 g/mol. The highest BCUT2D eigenvalue weighted by Crippen LogP contribution is 2.43. The zero-order valence-electron chi connectivity index (χ0n) is 14.0. The highest BCUT2D eigenvalue weighted by Gasteiger charge is 2.46. The second kappa shape index (κ2) is 6.16. The molecule has 4 rings (SSSR count). The molecule has 0 spiro atoms. The van der Waals surface area contributed by atoms with Gasteiger partial charge in [-0.1, -0.05) is 48.6 Å². The second-order valence-electron chi connectivity index (χ2n) is 6.12. The summed E-state index contributed by atoms with van der Waals surface area (Å²) in [4.78, 5) is 17.5. The number of nitrogens with one attached hydrogen (secondary N) is 1. The summed E-state index contributed by atoms with van der Waals surface area (Å²) in [5.41, 5.74) is 3.19. The summed E-state index contributed by atoms with van der Waals surface area (Å²) in [5.74, 6) is 0.123. The number of aromatic amines is 1. The molecule has 0 saturated carbocycles. The van der Waals surface area contributed by atoms with Gasteiger partial charge in [0, 0.05) is 0 Å². The maximum Gasteiger partial charge on any atom is 0.328 e. The highest BCUT2D eigenvalue weighted by molar-refractivity contribution is 5.93. The Labute approximate surface area is 146 Å². The van der Waals surface area contributed by atoms with E-state index in [9.17, 15) is 4.79 Å². The van der Waals surface area contributed by atoms with Crippen LogP contribution in [0.3, 0.4) is 0 Å². The third kappa shape index (κ3) is 2.35. The maximum absolute atomic E-state index is 13.1. The molecule has 126 valence electrons. The third-order valence-electron chi connectivity index (χ3n) is 4.78. The molecule has 1 heterocycles. The number of rotatable bonds is 3. The number of allylic oxidation sites excluding steroid dienone is 5. The summed E-state index contributed by atoms with van der Waals surface area (Å²) in [5, 5.41) is 6.86. The Morgan fingerprint density at radius 2 is 2.20 bits per heavy atom.